The van der Waals surface area contributed by atoms with E-state index in [1.54, 1.807) is 0 Å². The zero-order valence-corrected chi connectivity index (χ0v) is 9.75. The van der Waals surface area contributed by atoms with E-state index in [2.05, 4.69) is 4.74 Å². The standard InChI is InChI=1S/C11H10F4O4/c1-18-8-5-6(10(16)17)4-7(12)9(8)19-3-2-11(13,14)15/h4-5H,2-3H2,1H3,(H,16,17). The molecule has 0 spiro atoms. The van der Waals surface area contributed by atoms with E-state index in [9.17, 15) is 22.4 Å². The summed E-state index contributed by atoms with van der Waals surface area (Å²) in [6.07, 6.45) is -5.68. The molecule has 0 aromatic heterocycles. The number of rotatable bonds is 5. The Hall–Kier alpha value is -1.99. The van der Waals surface area contributed by atoms with Crippen LogP contribution in [-0.2, 0) is 0 Å². The molecular weight excluding hydrogens is 272 g/mol. The Kier molecular flexibility index (Phi) is 4.57. The first kappa shape index (κ1) is 15.1. The highest BCUT2D eigenvalue weighted by Crippen LogP contribution is 2.32. The van der Waals surface area contributed by atoms with Gasteiger partial charge in [0.25, 0.3) is 0 Å². The van der Waals surface area contributed by atoms with Gasteiger partial charge in [-0.2, -0.15) is 13.2 Å². The maximum atomic E-state index is 13.5. The van der Waals surface area contributed by atoms with Crippen molar-refractivity contribution in [2.45, 2.75) is 12.6 Å². The lowest BCUT2D eigenvalue weighted by molar-refractivity contribution is -0.139. The van der Waals surface area contributed by atoms with E-state index in [0.717, 1.165) is 13.2 Å². The van der Waals surface area contributed by atoms with Crippen molar-refractivity contribution < 1.29 is 36.9 Å². The fourth-order valence-electron chi connectivity index (χ4n) is 1.25. The minimum atomic E-state index is -4.43. The fourth-order valence-corrected chi connectivity index (χ4v) is 1.25. The molecule has 0 aliphatic heterocycles. The molecule has 0 saturated carbocycles. The highest BCUT2D eigenvalue weighted by atomic mass is 19.4. The molecular formula is C11H10F4O4. The van der Waals surface area contributed by atoms with Crippen molar-refractivity contribution in [1.82, 2.24) is 0 Å². The molecule has 1 aromatic rings. The van der Waals surface area contributed by atoms with Gasteiger partial charge in [-0.25, -0.2) is 9.18 Å². The number of carbonyl (C=O) groups is 1. The molecule has 1 aromatic carbocycles. The van der Waals surface area contributed by atoms with Gasteiger partial charge in [0.2, 0.25) is 0 Å². The summed E-state index contributed by atoms with van der Waals surface area (Å²) in [5, 5.41) is 8.69. The van der Waals surface area contributed by atoms with Crippen molar-refractivity contribution in [1.29, 1.82) is 0 Å². The summed E-state index contributed by atoms with van der Waals surface area (Å²) in [6, 6.07) is 1.61. The van der Waals surface area contributed by atoms with E-state index in [1.165, 1.54) is 0 Å². The van der Waals surface area contributed by atoms with E-state index >= 15 is 0 Å². The van der Waals surface area contributed by atoms with Crippen LogP contribution in [0.5, 0.6) is 11.5 Å². The van der Waals surface area contributed by atoms with Crippen LogP contribution in [0.2, 0.25) is 0 Å². The van der Waals surface area contributed by atoms with Crippen LogP contribution in [0.3, 0.4) is 0 Å². The van der Waals surface area contributed by atoms with Gasteiger partial charge in [-0.3, -0.25) is 0 Å². The molecule has 1 rings (SSSR count). The SMILES string of the molecule is COc1cc(C(=O)O)cc(F)c1OCCC(F)(F)F. The summed E-state index contributed by atoms with van der Waals surface area (Å²) in [5.74, 6) is -3.31. The quantitative estimate of drug-likeness (QED) is 0.844. The summed E-state index contributed by atoms with van der Waals surface area (Å²) in [4.78, 5) is 10.7. The minimum absolute atomic E-state index is 0.278. The molecule has 0 amide bonds. The van der Waals surface area contributed by atoms with Crippen LogP contribution < -0.4 is 9.47 Å². The van der Waals surface area contributed by atoms with Gasteiger partial charge >= 0.3 is 12.1 Å². The normalized spacial score (nSPS) is 11.2. The predicted octanol–water partition coefficient (Wildman–Crippen LogP) is 2.86. The molecule has 0 unspecified atom stereocenters. The smallest absolute Gasteiger partial charge is 0.392 e. The largest absolute Gasteiger partial charge is 0.493 e. The van der Waals surface area contributed by atoms with Gasteiger partial charge in [0.15, 0.2) is 17.3 Å². The summed E-state index contributed by atoms with van der Waals surface area (Å²) in [7, 11) is 1.12. The van der Waals surface area contributed by atoms with Crippen molar-refractivity contribution >= 4 is 5.97 Å². The van der Waals surface area contributed by atoms with Crippen LogP contribution in [0.4, 0.5) is 17.6 Å². The van der Waals surface area contributed by atoms with Crippen molar-refractivity contribution in [3.8, 4) is 11.5 Å². The maximum Gasteiger partial charge on any atom is 0.392 e. The topological polar surface area (TPSA) is 55.8 Å². The molecule has 0 fully saturated rings. The number of carboxylic acids is 1. The van der Waals surface area contributed by atoms with E-state index in [-0.39, 0.29) is 5.75 Å². The van der Waals surface area contributed by atoms with Gasteiger partial charge in [-0.15, -0.1) is 0 Å². The number of carboxylic acid groups (broad SMARTS) is 1. The Morgan fingerprint density at radius 3 is 2.47 bits per heavy atom. The van der Waals surface area contributed by atoms with Crippen LogP contribution in [0.1, 0.15) is 16.8 Å². The number of ether oxygens (including phenoxy) is 2. The van der Waals surface area contributed by atoms with Gasteiger partial charge in [-0.1, -0.05) is 0 Å². The Bertz CT molecular complexity index is 470. The average molecular weight is 282 g/mol. The first-order valence-electron chi connectivity index (χ1n) is 5.05. The van der Waals surface area contributed by atoms with Gasteiger partial charge in [0.05, 0.1) is 25.7 Å². The maximum absolute atomic E-state index is 13.5. The zero-order chi connectivity index (χ0) is 14.6. The van der Waals surface area contributed by atoms with Crippen LogP contribution in [0.25, 0.3) is 0 Å². The second kappa shape index (κ2) is 5.77. The molecule has 0 bridgehead atoms. The van der Waals surface area contributed by atoms with E-state index in [1.807, 2.05) is 0 Å². The summed E-state index contributed by atoms with van der Waals surface area (Å²) < 4.78 is 58.7. The van der Waals surface area contributed by atoms with Crippen LogP contribution >= 0.6 is 0 Å². The van der Waals surface area contributed by atoms with Crippen LogP contribution in [0.15, 0.2) is 12.1 Å². The molecule has 1 N–H and O–H groups in total. The number of methoxy groups -OCH3 is 1. The monoisotopic (exact) mass is 282 g/mol. The Labute approximate surface area is 105 Å². The third kappa shape index (κ3) is 4.31. The number of alkyl halides is 3. The fraction of sp³-hybridized carbons (Fsp3) is 0.364. The van der Waals surface area contributed by atoms with Gasteiger partial charge in [0.1, 0.15) is 0 Å². The van der Waals surface area contributed by atoms with Gasteiger partial charge in [0, 0.05) is 0 Å². The molecule has 0 aliphatic rings. The molecule has 8 heteroatoms. The van der Waals surface area contributed by atoms with E-state index < -0.39 is 42.3 Å². The number of benzene rings is 1. The molecule has 0 radical (unpaired) electrons. The lowest BCUT2D eigenvalue weighted by Crippen LogP contribution is -2.14. The Morgan fingerprint density at radius 2 is 2.00 bits per heavy atom. The van der Waals surface area contributed by atoms with Crippen molar-refractivity contribution in [2.75, 3.05) is 13.7 Å². The summed E-state index contributed by atoms with van der Waals surface area (Å²) in [5.41, 5.74) is -0.391. The average Bonchev–Trinajstić information content (AvgIpc) is 2.28. The zero-order valence-electron chi connectivity index (χ0n) is 9.75. The second-order valence-electron chi connectivity index (χ2n) is 3.51. The molecule has 0 atom stereocenters. The van der Waals surface area contributed by atoms with Crippen molar-refractivity contribution in [3.05, 3.63) is 23.5 Å². The summed E-state index contributed by atoms with van der Waals surface area (Å²) in [6.45, 7) is -0.788. The lowest BCUT2D eigenvalue weighted by atomic mass is 10.2. The Morgan fingerprint density at radius 1 is 1.37 bits per heavy atom. The van der Waals surface area contributed by atoms with Crippen LogP contribution in [0, 0.1) is 5.82 Å². The predicted molar refractivity (Wildman–Crippen MR) is 56.1 cm³/mol. The molecule has 0 saturated heterocycles. The van der Waals surface area contributed by atoms with E-state index in [4.69, 9.17) is 9.84 Å². The first-order valence-corrected chi connectivity index (χ1v) is 5.05. The number of hydrogen-bond acceptors (Lipinski definition) is 3. The number of halogens is 4. The first-order chi connectivity index (χ1) is 8.74. The third-order valence-corrected chi connectivity index (χ3v) is 2.11. The van der Waals surface area contributed by atoms with Gasteiger partial charge < -0.3 is 14.6 Å². The van der Waals surface area contributed by atoms with Crippen molar-refractivity contribution in [3.63, 3.8) is 0 Å². The minimum Gasteiger partial charge on any atom is -0.493 e. The lowest BCUT2D eigenvalue weighted by Gasteiger charge is -2.13. The molecule has 0 aliphatic carbocycles. The van der Waals surface area contributed by atoms with Crippen molar-refractivity contribution in [2.24, 2.45) is 0 Å². The molecule has 4 nitrogen and oxygen atoms in total. The number of hydrogen-bond donors (Lipinski definition) is 1. The Balaban J connectivity index is 2.91. The van der Waals surface area contributed by atoms with E-state index in [0.29, 0.717) is 6.07 Å². The number of aromatic carboxylic acids is 1. The van der Waals surface area contributed by atoms with Gasteiger partial charge in [-0.05, 0) is 12.1 Å². The highest BCUT2D eigenvalue weighted by Gasteiger charge is 2.27. The third-order valence-electron chi connectivity index (χ3n) is 2.11. The highest BCUT2D eigenvalue weighted by molar-refractivity contribution is 5.88. The second-order valence-corrected chi connectivity index (χ2v) is 3.51. The summed E-state index contributed by atoms with van der Waals surface area (Å²) >= 11 is 0. The molecule has 19 heavy (non-hydrogen) atoms. The van der Waals surface area contributed by atoms with Crippen LogP contribution in [-0.4, -0.2) is 31.0 Å². The molecule has 106 valence electrons. The molecule has 0 heterocycles.